The van der Waals surface area contributed by atoms with Crippen molar-refractivity contribution in [2.75, 3.05) is 18.0 Å². The number of carbonyl (C=O) groups is 2. The van der Waals surface area contributed by atoms with E-state index in [0.29, 0.717) is 12.4 Å². The maximum atomic E-state index is 11.6. The number of nitrogens with zero attached hydrogens (tertiary/aromatic N) is 2. The molecule has 1 aromatic heterocycles. The van der Waals surface area contributed by atoms with Crippen molar-refractivity contribution < 1.29 is 14.7 Å². The number of anilines is 1. The lowest BCUT2D eigenvalue weighted by atomic mass is 10.1. The third kappa shape index (κ3) is 2.79. The molecule has 2 rings (SSSR count). The smallest absolute Gasteiger partial charge is 0.323 e. The van der Waals surface area contributed by atoms with Gasteiger partial charge < -0.3 is 15.7 Å². The largest absolute Gasteiger partial charge is 0.480 e. The molecule has 0 aromatic carbocycles. The molecule has 0 spiro atoms. The zero-order valence-electron chi connectivity index (χ0n) is 11.1. The Labute approximate surface area is 116 Å². The number of carbonyl (C=O) groups excluding carboxylic acids is 1. The van der Waals surface area contributed by atoms with Gasteiger partial charge in [0.05, 0.1) is 5.56 Å². The Hall–Kier alpha value is -2.37. The van der Waals surface area contributed by atoms with Crippen LogP contribution in [0.15, 0.2) is 18.7 Å². The fourth-order valence-electron chi connectivity index (χ4n) is 2.43. The Morgan fingerprint density at radius 3 is 2.85 bits per heavy atom. The molecule has 6 nitrogen and oxygen atoms in total. The van der Waals surface area contributed by atoms with Gasteiger partial charge in [-0.25, -0.2) is 4.98 Å². The number of amides is 1. The van der Waals surface area contributed by atoms with Crippen molar-refractivity contribution in [3.05, 3.63) is 35.5 Å². The van der Waals surface area contributed by atoms with Crippen molar-refractivity contribution in [3.8, 4) is 0 Å². The van der Waals surface area contributed by atoms with E-state index < -0.39 is 11.9 Å². The van der Waals surface area contributed by atoms with Crippen LogP contribution in [0.4, 0.5) is 5.82 Å². The van der Waals surface area contributed by atoms with Gasteiger partial charge in [0.2, 0.25) is 0 Å². The van der Waals surface area contributed by atoms with Gasteiger partial charge in [0.1, 0.15) is 12.4 Å². The number of fused-ring (bicyclic) bond motifs is 1. The molecule has 1 heterocycles. The molecule has 3 N–H and O–H groups in total. The molecule has 1 aromatic rings. The molecule has 20 heavy (non-hydrogen) atoms. The fraction of sp³-hybridized carbons (Fsp3) is 0.357. The zero-order chi connectivity index (χ0) is 14.7. The molecule has 0 saturated heterocycles. The standard InChI is InChI=1S/C14H17N3O3/c1-2-6-17(8-12(18)19)14-10(13(15)20)7-9-4-3-5-11(9)16-14/h2,7H,1,3-6,8H2,(H2,15,20)(H,18,19). The average molecular weight is 275 g/mol. The quantitative estimate of drug-likeness (QED) is 0.747. The van der Waals surface area contributed by atoms with Gasteiger partial charge in [-0.05, 0) is 30.9 Å². The maximum absolute atomic E-state index is 11.6. The van der Waals surface area contributed by atoms with Gasteiger partial charge in [0, 0.05) is 12.2 Å². The van der Waals surface area contributed by atoms with Crippen LogP contribution >= 0.6 is 0 Å². The Morgan fingerprint density at radius 2 is 2.25 bits per heavy atom. The number of aryl methyl sites for hydroxylation is 2. The van der Waals surface area contributed by atoms with Crippen molar-refractivity contribution in [3.63, 3.8) is 0 Å². The number of aliphatic carboxylic acids is 1. The van der Waals surface area contributed by atoms with Crippen LogP contribution in [0, 0.1) is 0 Å². The minimum absolute atomic E-state index is 0.252. The van der Waals surface area contributed by atoms with E-state index >= 15 is 0 Å². The molecule has 6 heteroatoms. The van der Waals surface area contributed by atoms with Crippen LogP contribution in [-0.2, 0) is 17.6 Å². The highest BCUT2D eigenvalue weighted by Crippen LogP contribution is 2.27. The van der Waals surface area contributed by atoms with Crippen LogP contribution < -0.4 is 10.6 Å². The minimum Gasteiger partial charge on any atom is -0.480 e. The number of rotatable bonds is 6. The second-order valence-electron chi connectivity index (χ2n) is 4.75. The molecule has 1 amide bonds. The number of pyridine rings is 1. The second-order valence-corrected chi connectivity index (χ2v) is 4.75. The molecular weight excluding hydrogens is 258 g/mol. The minimum atomic E-state index is -0.996. The molecule has 0 bridgehead atoms. The van der Waals surface area contributed by atoms with E-state index in [2.05, 4.69) is 11.6 Å². The van der Waals surface area contributed by atoms with Crippen LogP contribution in [0.1, 0.15) is 28.0 Å². The fourth-order valence-corrected chi connectivity index (χ4v) is 2.43. The predicted molar refractivity (Wildman–Crippen MR) is 74.8 cm³/mol. The van der Waals surface area contributed by atoms with Crippen molar-refractivity contribution in [2.24, 2.45) is 5.73 Å². The lowest BCUT2D eigenvalue weighted by Gasteiger charge is -2.22. The number of nitrogens with two attached hydrogens (primary N) is 1. The van der Waals surface area contributed by atoms with Gasteiger partial charge in [-0.15, -0.1) is 6.58 Å². The predicted octanol–water partition coefficient (Wildman–Crippen LogP) is 0.746. The molecule has 0 saturated carbocycles. The first-order chi connectivity index (χ1) is 9.52. The van der Waals surface area contributed by atoms with Crippen molar-refractivity contribution in [2.45, 2.75) is 19.3 Å². The molecular formula is C14H17N3O3. The highest BCUT2D eigenvalue weighted by atomic mass is 16.4. The molecule has 1 aliphatic rings. The summed E-state index contributed by atoms with van der Waals surface area (Å²) in [4.78, 5) is 28.5. The van der Waals surface area contributed by atoms with E-state index in [1.807, 2.05) is 0 Å². The summed E-state index contributed by atoms with van der Waals surface area (Å²) in [5, 5.41) is 8.97. The van der Waals surface area contributed by atoms with Crippen LogP contribution in [0.2, 0.25) is 0 Å². The first-order valence-electron chi connectivity index (χ1n) is 6.43. The second kappa shape index (κ2) is 5.73. The average Bonchev–Trinajstić information content (AvgIpc) is 2.83. The summed E-state index contributed by atoms with van der Waals surface area (Å²) in [6.45, 7) is 3.64. The summed E-state index contributed by atoms with van der Waals surface area (Å²) in [5.74, 6) is -1.26. The monoisotopic (exact) mass is 275 g/mol. The molecule has 1 aliphatic carbocycles. The van der Waals surface area contributed by atoms with Gasteiger partial charge in [0.25, 0.3) is 5.91 Å². The molecule has 0 atom stereocenters. The van der Waals surface area contributed by atoms with Gasteiger partial charge >= 0.3 is 5.97 Å². The normalized spacial score (nSPS) is 12.8. The first kappa shape index (κ1) is 14.0. The maximum Gasteiger partial charge on any atom is 0.323 e. The van der Waals surface area contributed by atoms with Crippen molar-refractivity contribution >= 4 is 17.7 Å². The Balaban J connectivity index is 2.48. The SMILES string of the molecule is C=CCN(CC(=O)O)c1nc2c(cc1C(N)=O)CCC2. The van der Waals surface area contributed by atoms with E-state index in [0.717, 1.165) is 30.5 Å². The summed E-state index contributed by atoms with van der Waals surface area (Å²) in [7, 11) is 0. The number of carboxylic acids is 1. The number of primary amides is 1. The summed E-state index contributed by atoms with van der Waals surface area (Å²) >= 11 is 0. The summed E-state index contributed by atoms with van der Waals surface area (Å²) in [5.41, 5.74) is 7.61. The number of hydrogen-bond donors (Lipinski definition) is 2. The zero-order valence-corrected chi connectivity index (χ0v) is 11.1. The van der Waals surface area contributed by atoms with Gasteiger partial charge in [-0.2, -0.15) is 0 Å². The molecule has 0 unspecified atom stereocenters. The number of carboxylic acid groups (broad SMARTS) is 1. The Bertz CT molecular complexity index is 569. The van der Waals surface area contributed by atoms with Crippen LogP contribution in [0.3, 0.4) is 0 Å². The third-order valence-electron chi connectivity index (χ3n) is 3.27. The van der Waals surface area contributed by atoms with E-state index in [1.54, 1.807) is 12.1 Å². The van der Waals surface area contributed by atoms with Crippen molar-refractivity contribution in [1.82, 2.24) is 4.98 Å². The van der Waals surface area contributed by atoms with Gasteiger partial charge in [-0.1, -0.05) is 6.08 Å². The molecule has 0 fully saturated rings. The first-order valence-corrected chi connectivity index (χ1v) is 6.43. The Kier molecular flexibility index (Phi) is 4.02. The molecule has 0 aliphatic heterocycles. The Morgan fingerprint density at radius 1 is 1.50 bits per heavy atom. The van der Waals surface area contributed by atoms with E-state index in [9.17, 15) is 9.59 Å². The van der Waals surface area contributed by atoms with E-state index in [4.69, 9.17) is 10.8 Å². The third-order valence-corrected chi connectivity index (χ3v) is 3.27. The lowest BCUT2D eigenvalue weighted by Crippen LogP contribution is -2.33. The number of aromatic nitrogens is 1. The topological polar surface area (TPSA) is 96.5 Å². The summed E-state index contributed by atoms with van der Waals surface area (Å²) < 4.78 is 0. The highest BCUT2D eigenvalue weighted by Gasteiger charge is 2.23. The van der Waals surface area contributed by atoms with Crippen LogP contribution in [0.25, 0.3) is 0 Å². The van der Waals surface area contributed by atoms with Crippen molar-refractivity contribution in [1.29, 1.82) is 0 Å². The van der Waals surface area contributed by atoms with Crippen LogP contribution in [-0.4, -0.2) is 35.1 Å². The van der Waals surface area contributed by atoms with Gasteiger partial charge in [0.15, 0.2) is 0 Å². The number of hydrogen-bond acceptors (Lipinski definition) is 4. The molecule has 0 radical (unpaired) electrons. The van der Waals surface area contributed by atoms with Crippen LogP contribution in [0.5, 0.6) is 0 Å². The van der Waals surface area contributed by atoms with Gasteiger partial charge in [-0.3, -0.25) is 9.59 Å². The summed E-state index contributed by atoms with van der Waals surface area (Å²) in [6, 6.07) is 1.74. The van der Waals surface area contributed by atoms with E-state index in [-0.39, 0.29) is 12.1 Å². The lowest BCUT2D eigenvalue weighted by molar-refractivity contribution is -0.135. The van der Waals surface area contributed by atoms with E-state index in [1.165, 1.54) is 4.90 Å². The summed E-state index contributed by atoms with van der Waals surface area (Å²) in [6.07, 6.45) is 4.28. The molecule has 106 valence electrons. The highest BCUT2D eigenvalue weighted by molar-refractivity contribution is 5.98.